The van der Waals surface area contributed by atoms with Gasteiger partial charge in [0.15, 0.2) is 0 Å². The molecule has 1 aromatic heterocycles. The molecule has 1 aromatic carbocycles. The van der Waals surface area contributed by atoms with Gasteiger partial charge in [0.05, 0.1) is 6.20 Å². The number of halogens is 1. The van der Waals surface area contributed by atoms with Gasteiger partial charge in [-0.2, -0.15) is 5.10 Å². The summed E-state index contributed by atoms with van der Waals surface area (Å²) in [7, 11) is 1.90. The van der Waals surface area contributed by atoms with Gasteiger partial charge in [0.25, 0.3) is 0 Å². The van der Waals surface area contributed by atoms with Gasteiger partial charge >= 0.3 is 0 Å². The Kier molecular flexibility index (Phi) is 4.96. The van der Waals surface area contributed by atoms with Gasteiger partial charge in [-0.3, -0.25) is 4.68 Å². The molecule has 1 heterocycles. The van der Waals surface area contributed by atoms with E-state index in [1.165, 1.54) is 0 Å². The molecule has 2 aromatic rings. The smallest absolute Gasteiger partial charge is 0.102 e. The highest BCUT2D eigenvalue weighted by Crippen LogP contribution is 2.25. The number of aromatic nitrogens is 2. The number of benzene rings is 1. The quantitative estimate of drug-likeness (QED) is 0.851. The van der Waals surface area contributed by atoms with E-state index >= 15 is 0 Å². The first-order valence-corrected chi connectivity index (χ1v) is 7.49. The minimum Gasteiger partial charge on any atom is -0.384 e. The second kappa shape index (κ2) is 6.52. The normalized spacial score (nSPS) is 14.2. The zero-order chi connectivity index (χ0) is 14.6. The SMILES string of the molecule is CC[C@@](O)(CNCc1cnn(C)c1)c1ccc(Br)cc1. The molecular weight excluding hydrogens is 318 g/mol. The van der Waals surface area contributed by atoms with Crippen LogP contribution in [0.1, 0.15) is 24.5 Å². The second-order valence-corrected chi connectivity index (χ2v) is 5.93. The Balaban J connectivity index is 1.98. The molecule has 2 N–H and O–H groups in total. The van der Waals surface area contributed by atoms with Crippen LogP contribution in [-0.4, -0.2) is 21.4 Å². The molecule has 0 unspecified atom stereocenters. The highest BCUT2D eigenvalue weighted by atomic mass is 79.9. The van der Waals surface area contributed by atoms with Crippen LogP contribution in [-0.2, 0) is 19.2 Å². The van der Waals surface area contributed by atoms with Crippen molar-refractivity contribution in [3.63, 3.8) is 0 Å². The fourth-order valence-electron chi connectivity index (χ4n) is 2.17. The lowest BCUT2D eigenvalue weighted by Gasteiger charge is -2.28. The molecule has 108 valence electrons. The summed E-state index contributed by atoms with van der Waals surface area (Å²) in [5.41, 5.74) is 1.20. The molecule has 0 aliphatic heterocycles. The third-order valence-corrected chi connectivity index (χ3v) is 4.00. The van der Waals surface area contributed by atoms with E-state index in [4.69, 9.17) is 0 Å². The van der Waals surface area contributed by atoms with Gasteiger partial charge in [-0.15, -0.1) is 0 Å². The van der Waals surface area contributed by atoms with Gasteiger partial charge in [-0.25, -0.2) is 0 Å². The van der Waals surface area contributed by atoms with Crippen LogP contribution in [0, 0.1) is 0 Å². The van der Waals surface area contributed by atoms with E-state index < -0.39 is 5.60 Å². The fourth-order valence-corrected chi connectivity index (χ4v) is 2.43. The summed E-state index contributed by atoms with van der Waals surface area (Å²) in [4.78, 5) is 0. The third kappa shape index (κ3) is 3.69. The minimum absolute atomic E-state index is 0.514. The van der Waals surface area contributed by atoms with Crippen molar-refractivity contribution in [1.29, 1.82) is 0 Å². The van der Waals surface area contributed by atoms with Crippen molar-refractivity contribution >= 4 is 15.9 Å². The summed E-state index contributed by atoms with van der Waals surface area (Å²) < 4.78 is 2.79. The Morgan fingerprint density at radius 2 is 2.05 bits per heavy atom. The molecule has 0 aliphatic carbocycles. The maximum absolute atomic E-state index is 10.8. The lowest BCUT2D eigenvalue weighted by atomic mass is 9.91. The van der Waals surface area contributed by atoms with E-state index in [2.05, 4.69) is 26.3 Å². The number of hydrogen-bond donors (Lipinski definition) is 2. The van der Waals surface area contributed by atoms with Gasteiger partial charge in [0, 0.05) is 36.4 Å². The van der Waals surface area contributed by atoms with Crippen LogP contribution in [0.4, 0.5) is 0 Å². The highest BCUT2D eigenvalue weighted by Gasteiger charge is 2.26. The first-order valence-electron chi connectivity index (χ1n) is 6.70. The molecule has 2 rings (SSSR count). The van der Waals surface area contributed by atoms with Crippen LogP contribution in [0.15, 0.2) is 41.1 Å². The van der Waals surface area contributed by atoms with Crippen molar-refractivity contribution in [3.05, 3.63) is 52.3 Å². The zero-order valence-corrected chi connectivity index (χ0v) is 13.4. The van der Waals surface area contributed by atoms with Crippen LogP contribution in [0.2, 0.25) is 0 Å². The largest absolute Gasteiger partial charge is 0.384 e. The van der Waals surface area contributed by atoms with Crippen molar-refractivity contribution in [1.82, 2.24) is 15.1 Å². The van der Waals surface area contributed by atoms with Crippen LogP contribution in [0.25, 0.3) is 0 Å². The van der Waals surface area contributed by atoms with Crippen molar-refractivity contribution in [2.75, 3.05) is 6.54 Å². The molecule has 0 spiro atoms. The molecule has 0 saturated heterocycles. The predicted molar refractivity (Wildman–Crippen MR) is 83.2 cm³/mol. The summed E-state index contributed by atoms with van der Waals surface area (Å²) in [5, 5.41) is 18.2. The fraction of sp³-hybridized carbons (Fsp3) is 0.400. The van der Waals surface area contributed by atoms with Crippen molar-refractivity contribution in [3.8, 4) is 0 Å². The average Bonchev–Trinajstić information content (AvgIpc) is 2.85. The van der Waals surface area contributed by atoms with Gasteiger partial charge in [0.1, 0.15) is 5.60 Å². The Hall–Kier alpha value is -1.17. The maximum Gasteiger partial charge on any atom is 0.102 e. The minimum atomic E-state index is -0.844. The first-order chi connectivity index (χ1) is 9.53. The molecule has 1 atom stereocenters. The molecule has 0 aliphatic rings. The average molecular weight is 338 g/mol. The lowest BCUT2D eigenvalue weighted by molar-refractivity contribution is 0.0323. The van der Waals surface area contributed by atoms with Gasteiger partial charge in [0.2, 0.25) is 0 Å². The number of nitrogens with one attached hydrogen (secondary N) is 1. The Morgan fingerprint density at radius 1 is 1.35 bits per heavy atom. The molecule has 0 radical (unpaired) electrons. The molecule has 0 amide bonds. The van der Waals surface area contributed by atoms with Crippen LogP contribution < -0.4 is 5.32 Å². The monoisotopic (exact) mass is 337 g/mol. The van der Waals surface area contributed by atoms with Crippen LogP contribution >= 0.6 is 15.9 Å². The van der Waals surface area contributed by atoms with Crippen LogP contribution in [0.3, 0.4) is 0 Å². The molecule has 4 nitrogen and oxygen atoms in total. The number of rotatable bonds is 6. The van der Waals surface area contributed by atoms with E-state index in [0.29, 0.717) is 19.5 Å². The van der Waals surface area contributed by atoms with E-state index in [1.54, 1.807) is 4.68 Å². The molecule has 0 bridgehead atoms. The van der Waals surface area contributed by atoms with E-state index in [0.717, 1.165) is 15.6 Å². The van der Waals surface area contributed by atoms with E-state index in [9.17, 15) is 5.11 Å². The standard InChI is InChI=1S/C15H20BrN3O/c1-3-15(20,13-4-6-14(16)7-5-13)11-17-8-12-9-18-19(2)10-12/h4-7,9-10,17,20H,3,8,11H2,1-2H3/t15-/m1/s1. The number of aryl methyl sites for hydroxylation is 1. The zero-order valence-electron chi connectivity index (χ0n) is 11.8. The van der Waals surface area contributed by atoms with Crippen molar-refractivity contribution < 1.29 is 5.11 Å². The van der Waals surface area contributed by atoms with Gasteiger partial charge in [-0.1, -0.05) is 35.0 Å². The number of aliphatic hydroxyl groups is 1. The molecule has 0 saturated carbocycles. The number of hydrogen-bond acceptors (Lipinski definition) is 3. The molecule has 20 heavy (non-hydrogen) atoms. The van der Waals surface area contributed by atoms with Gasteiger partial charge < -0.3 is 10.4 Å². The lowest BCUT2D eigenvalue weighted by Crippen LogP contribution is -2.37. The summed E-state index contributed by atoms with van der Waals surface area (Å²) in [6.45, 7) is 3.21. The maximum atomic E-state index is 10.8. The Bertz CT molecular complexity index is 553. The van der Waals surface area contributed by atoms with E-state index in [1.807, 2.05) is 50.6 Å². The van der Waals surface area contributed by atoms with Crippen molar-refractivity contribution in [2.45, 2.75) is 25.5 Å². The molecule has 0 fully saturated rings. The van der Waals surface area contributed by atoms with Crippen LogP contribution in [0.5, 0.6) is 0 Å². The van der Waals surface area contributed by atoms with Gasteiger partial charge in [-0.05, 0) is 24.1 Å². The Labute approximate surface area is 127 Å². The summed E-state index contributed by atoms with van der Waals surface area (Å²) in [6, 6.07) is 7.83. The summed E-state index contributed by atoms with van der Waals surface area (Å²) >= 11 is 3.41. The number of nitrogens with zero attached hydrogens (tertiary/aromatic N) is 2. The third-order valence-electron chi connectivity index (χ3n) is 3.47. The summed E-state index contributed by atoms with van der Waals surface area (Å²) in [5.74, 6) is 0. The predicted octanol–water partition coefficient (Wildman–Crippen LogP) is 2.57. The Morgan fingerprint density at radius 3 is 2.60 bits per heavy atom. The van der Waals surface area contributed by atoms with E-state index in [-0.39, 0.29) is 0 Å². The topological polar surface area (TPSA) is 50.1 Å². The van der Waals surface area contributed by atoms with Crippen molar-refractivity contribution in [2.24, 2.45) is 7.05 Å². The second-order valence-electron chi connectivity index (χ2n) is 5.02. The highest BCUT2D eigenvalue weighted by molar-refractivity contribution is 9.10. The molecular formula is C15H20BrN3O. The summed E-state index contributed by atoms with van der Waals surface area (Å²) in [6.07, 6.45) is 4.46. The first kappa shape index (κ1) is 15.2. The molecule has 5 heteroatoms.